The quantitative estimate of drug-likeness (QED) is 0.355. The molecule has 0 saturated heterocycles. The van der Waals surface area contributed by atoms with Gasteiger partial charge in [-0.25, -0.2) is 0 Å². The lowest BCUT2D eigenvalue weighted by Crippen LogP contribution is -2.31. The molecule has 1 aromatic rings. The van der Waals surface area contributed by atoms with E-state index >= 15 is 0 Å². The average molecular weight is 269 g/mol. The molecule has 6 heteroatoms. The summed E-state index contributed by atoms with van der Waals surface area (Å²) < 4.78 is 4.81. The van der Waals surface area contributed by atoms with Crippen molar-refractivity contribution in [3.8, 4) is 0 Å². The molecule has 0 bridgehead atoms. The summed E-state index contributed by atoms with van der Waals surface area (Å²) in [6.45, 7) is 0.410. The summed E-state index contributed by atoms with van der Waals surface area (Å²) in [5.41, 5.74) is 1.00. The van der Waals surface area contributed by atoms with E-state index in [-0.39, 0.29) is 11.8 Å². The van der Waals surface area contributed by atoms with Crippen LogP contribution in [0.2, 0.25) is 0 Å². The first-order chi connectivity index (χ1) is 8.25. The zero-order valence-corrected chi connectivity index (χ0v) is 10.8. The summed E-state index contributed by atoms with van der Waals surface area (Å²) in [7, 11) is 3.05. The number of fused-ring (bicyclic) bond motifs is 1. The number of imide groups is 1. The van der Waals surface area contributed by atoms with Gasteiger partial charge in [-0.05, 0) is 12.1 Å². The zero-order valence-electron chi connectivity index (χ0n) is 9.21. The van der Waals surface area contributed by atoms with Gasteiger partial charge in [-0.2, -0.15) is 0 Å². The Morgan fingerprint density at radius 1 is 1.18 bits per heavy atom. The number of carbonyl (C=O) groups is 2. The lowest BCUT2D eigenvalue weighted by molar-refractivity contribution is 0.0664. The number of benzene rings is 1. The smallest absolute Gasteiger partial charge is 0.261 e. The Morgan fingerprint density at radius 3 is 2.29 bits per heavy atom. The van der Waals surface area contributed by atoms with Crippen LogP contribution in [-0.2, 0) is 4.18 Å². The van der Waals surface area contributed by atoms with Crippen LogP contribution in [0.5, 0.6) is 0 Å². The third kappa shape index (κ3) is 2.48. The van der Waals surface area contributed by atoms with Crippen LogP contribution in [0, 0.1) is 0 Å². The predicted octanol–water partition coefficient (Wildman–Crippen LogP) is 2.23. The summed E-state index contributed by atoms with van der Waals surface area (Å²) in [6, 6.07) is 6.91. The molecule has 4 nitrogen and oxygen atoms in total. The van der Waals surface area contributed by atoms with Gasteiger partial charge in [0.25, 0.3) is 11.8 Å². The van der Waals surface area contributed by atoms with Crippen LogP contribution in [0.15, 0.2) is 24.3 Å². The maximum Gasteiger partial charge on any atom is 0.261 e. The van der Waals surface area contributed by atoms with E-state index in [0.29, 0.717) is 23.4 Å². The molecular weight excluding hydrogens is 258 g/mol. The zero-order chi connectivity index (χ0) is 12.3. The normalized spacial score (nSPS) is 14.3. The highest BCUT2D eigenvalue weighted by Crippen LogP contribution is 2.25. The summed E-state index contributed by atoms with van der Waals surface area (Å²) in [5, 5.41) is 0. The minimum Gasteiger partial charge on any atom is -0.308 e. The second-order valence-electron chi connectivity index (χ2n) is 3.36. The van der Waals surface area contributed by atoms with Gasteiger partial charge >= 0.3 is 0 Å². The van der Waals surface area contributed by atoms with Gasteiger partial charge in [0.1, 0.15) is 0 Å². The first kappa shape index (κ1) is 12.5. The van der Waals surface area contributed by atoms with Crippen molar-refractivity contribution in [3.05, 3.63) is 35.4 Å². The molecule has 17 heavy (non-hydrogen) atoms. The van der Waals surface area contributed by atoms with E-state index in [1.54, 1.807) is 31.4 Å². The van der Waals surface area contributed by atoms with Crippen LogP contribution in [-0.4, -0.2) is 36.1 Å². The Bertz CT molecular complexity index is 415. The molecule has 1 aromatic carbocycles. The van der Waals surface area contributed by atoms with E-state index in [4.69, 9.17) is 4.18 Å². The minimum atomic E-state index is -0.200. The molecule has 0 fully saturated rings. The van der Waals surface area contributed by atoms with Crippen molar-refractivity contribution in [3.63, 3.8) is 0 Å². The maximum atomic E-state index is 11.9. The highest BCUT2D eigenvalue weighted by atomic mass is 33.1. The van der Waals surface area contributed by atoms with Crippen LogP contribution in [0.1, 0.15) is 20.7 Å². The van der Waals surface area contributed by atoms with E-state index in [2.05, 4.69) is 0 Å². The van der Waals surface area contributed by atoms with Crippen LogP contribution in [0.3, 0.4) is 0 Å². The third-order valence-corrected chi connectivity index (χ3v) is 4.17. The molecule has 90 valence electrons. The molecule has 1 heterocycles. The second kappa shape index (κ2) is 5.57. The highest BCUT2D eigenvalue weighted by molar-refractivity contribution is 8.74. The molecule has 2 rings (SSSR count). The first-order valence-electron chi connectivity index (χ1n) is 5.03. The fraction of sp³-hybridized carbons (Fsp3) is 0.273. The van der Waals surface area contributed by atoms with E-state index in [0.717, 1.165) is 0 Å². The molecule has 0 radical (unpaired) electrons. The van der Waals surface area contributed by atoms with Crippen LogP contribution in [0.25, 0.3) is 0 Å². The molecular formula is C11H11NO3S2. The van der Waals surface area contributed by atoms with Crippen LogP contribution < -0.4 is 0 Å². The fourth-order valence-corrected chi connectivity index (χ4v) is 2.79. The summed E-state index contributed by atoms with van der Waals surface area (Å²) in [4.78, 5) is 25.1. The summed E-state index contributed by atoms with van der Waals surface area (Å²) >= 11 is 1.25. The molecule has 1 aliphatic heterocycles. The van der Waals surface area contributed by atoms with Crippen molar-refractivity contribution in [1.82, 2.24) is 4.90 Å². The van der Waals surface area contributed by atoms with Crippen molar-refractivity contribution >= 4 is 33.7 Å². The van der Waals surface area contributed by atoms with Crippen LogP contribution >= 0.6 is 21.9 Å². The van der Waals surface area contributed by atoms with Crippen molar-refractivity contribution in [2.75, 3.05) is 19.4 Å². The van der Waals surface area contributed by atoms with Gasteiger partial charge in [0.15, 0.2) is 0 Å². The molecule has 2 amide bonds. The van der Waals surface area contributed by atoms with Crippen molar-refractivity contribution in [1.29, 1.82) is 0 Å². The number of nitrogens with zero attached hydrogens (tertiary/aromatic N) is 1. The van der Waals surface area contributed by atoms with Gasteiger partial charge in [-0.1, -0.05) is 22.9 Å². The van der Waals surface area contributed by atoms with Crippen molar-refractivity contribution in [2.45, 2.75) is 0 Å². The maximum absolute atomic E-state index is 11.9. The largest absolute Gasteiger partial charge is 0.308 e. The molecule has 1 aliphatic rings. The minimum absolute atomic E-state index is 0.200. The average Bonchev–Trinajstić information content (AvgIpc) is 2.60. The van der Waals surface area contributed by atoms with Gasteiger partial charge in [0.05, 0.1) is 29.3 Å². The highest BCUT2D eigenvalue weighted by Gasteiger charge is 2.34. The summed E-state index contributed by atoms with van der Waals surface area (Å²) in [5.74, 6) is 0.256. The number of amides is 2. The van der Waals surface area contributed by atoms with E-state index in [1.807, 2.05) is 0 Å². The van der Waals surface area contributed by atoms with Gasteiger partial charge < -0.3 is 4.18 Å². The lowest BCUT2D eigenvalue weighted by Gasteiger charge is -2.12. The molecule has 0 spiro atoms. The Labute approximate surface area is 107 Å². The van der Waals surface area contributed by atoms with Gasteiger partial charge in [0, 0.05) is 12.3 Å². The van der Waals surface area contributed by atoms with E-state index in [1.165, 1.54) is 26.8 Å². The Balaban J connectivity index is 2.03. The molecule has 0 aromatic heterocycles. The van der Waals surface area contributed by atoms with E-state index < -0.39 is 0 Å². The predicted molar refractivity (Wildman–Crippen MR) is 68.9 cm³/mol. The van der Waals surface area contributed by atoms with Gasteiger partial charge in [-0.15, -0.1) is 0 Å². The number of carbonyl (C=O) groups excluding carboxylic acids is 2. The van der Waals surface area contributed by atoms with Crippen molar-refractivity contribution < 1.29 is 13.8 Å². The molecule has 0 unspecified atom stereocenters. The monoisotopic (exact) mass is 269 g/mol. The topological polar surface area (TPSA) is 46.6 Å². The number of hydrogen-bond acceptors (Lipinski definition) is 5. The molecule has 0 N–H and O–H groups in total. The molecule has 0 aliphatic carbocycles. The SMILES string of the molecule is COSSCCN1C(=O)c2ccccc2C1=O. The number of hydrogen-bond donors (Lipinski definition) is 0. The Morgan fingerprint density at radius 2 is 1.76 bits per heavy atom. The third-order valence-electron chi connectivity index (χ3n) is 2.39. The van der Waals surface area contributed by atoms with Crippen molar-refractivity contribution in [2.24, 2.45) is 0 Å². The standard InChI is InChI=1S/C11H11NO3S2/c1-15-17-16-7-6-12-10(13)8-4-2-3-5-9(8)11(12)14/h2-5H,6-7H2,1H3. The Kier molecular flexibility index (Phi) is 4.09. The first-order valence-corrected chi connectivity index (χ1v) is 7.27. The molecule has 0 saturated carbocycles. The van der Waals surface area contributed by atoms with Gasteiger partial charge in [0.2, 0.25) is 0 Å². The number of rotatable bonds is 5. The Hall–Kier alpha value is -0.980. The van der Waals surface area contributed by atoms with Crippen LogP contribution in [0.4, 0.5) is 0 Å². The molecule has 0 atom stereocenters. The fourth-order valence-electron chi connectivity index (χ4n) is 1.65. The van der Waals surface area contributed by atoms with Gasteiger partial charge in [-0.3, -0.25) is 14.5 Å². The summed E-state index contributed by atoms with van der Waals surface area (Å²) in [6.07, 6.45) is 0. The second-order valence-corrected chi connectivity index (χ2v) is 5.59. The van der Waals surface area contributed by atoms with E-state index in [9.17, 15) is 9.59 Å². The lowest BCUT2D eigenvalue weighted by atomic mass is 10.1.